The molecule has 0 aliphatic heterocycles. The zero-order chi connectivity index (χ0) is 10.0. The van der Waals surface area contributed by atoms with Gasteiger partial charge in [-0.2, -0.15) is 5.10 Å². The van der Waals surface area contributed by atoms with Crippen LogP contribution in [0.5, 0.6) is 0 Å². The molecular formula is C10H19N3. The van der Waals surface area contributed by atoms with E-state index in [1.807, 2.05) is 11.7 Å². The molecule has 0 saturated heterocycles. The summed E-state index contributed by atoms with van der Waals surface area (Å²) < 4.78 is 1.96. The first kappa shape index (κ1) is 10.3. The van der Waals surface area contributed by atoms with Gasteiger partial charge in [-0.05, 0) is 24.8 Å². The van der Waals surface area contributed by atoms with Gasteiger partial charge in [-0.1, -0.05) is 13.8 Å². The Balaban J connectivity index is 2.98. The Kier molecular flexibility index (Phi) is 3.09. The van der Waals surface area contributed by atoms with Crippen molar-refractivity contribution in [1.29, 1.82) is 0 Å². The van der Waals surface area contributed by atoms with Gasteiger partial charge in [0.05, 0.1) is 5.69 Å². The van der Waals surface area contributed by atoms with Crippen LogP contribution in [0.15, 0.2) is 0 Å². The van der Waals surface area contributed by atoms with Crippen molar-refractivity contribution in [1.82, 2.24) is 9.78 Å². The summed E-state index contributed by atoms with van der Waals surface area (Å²) in [5.41, 5.74) is 9.19. The summed E-state index contributed by atoms with van der Waals surface area (Å²) in [6.45, 7) is 7.08. The van der Waals surface area contributed by atoms with Crippen LogP contribution in [0.4, 0.5) is 0 Å². The highest BCUT2D eigenvalue weighted by molar-refractivity contribution is 5.24. The number of hydrogen-bond acceptors (Lipinski definition) is 2. The summed E-state index contributed by atoms with van der Waals surface area (Å²) >= 11 is 0. The zero-order valence-electron chi connectivity index (χ0n) is 8.96. The molecule has 0 aliphatic rings. The fourth-order valence-corrected chi connectivity index (χ4v) is 1.59. The molecule has 2 N–H and O–H groups in total. The van der Waals surface area contributed by atoms with Crippen LogP contribution >= 0.6 is 0 Å². The van der Waals surface area contributed by atoms with Crippen LogP contribution in [0.1, 0.15) is 30.8 Å². The summed E-state index contributed by atoms with van der Waals surface area (Å²) in [4.78, 5) is 0. The minimum atomic E-state index is 0.539. The van der Waals surface area contributed by atoms with Crippen molar-refractivity contribution in [2.75, 3.05) is 0 Å². The van der Waals surface area contributed by atoms with E-state index < -0.39 is 0 Å². The second-order valence-corrected chi connectivity index (χ2v) is 3.94. The number of nitrogens with two attached hydrogens (primary N) is 1. The second kappa shape index (κ2) is 3.92. The maximum Gasteiger partial charge on any atom is 0.0792 e. The first-order valence-corrected chi connectivity index (χ1v) is 4.77. The minimum Gasteiger partial charge on any atom is -0.325 e. The number of rotatable bonds is 3. The van der Waals surface area contributed by atoms with Crippen molar-refractivity contribution in [3.05, 3.63) is 17.0 Å². The van der Waals surface area contributed by atoms with Gasteiger partial charge < -0.3 is 5.73 Å². The molecule has 0 spiro atoms. The summed E-state index contributed by atoms with van der Waals surface area (Å²) in [5, 5.41) is 4.37. The van der Waals surface area contributed by atoms with Crippen LogP contribution in [0, 0.1) is 12.8 Å². The van der Waals surface area contributed by atoms with Gasteiger partial charge in [-0.25, -0.2) is 0 Å². The summed E-state index contributed by atoms with van der Waals surface area (Å²) in [6.07, 6.45) is 1.08. The predicted octanol–water partition coefficient (Wildman–Crippen LogP) is 1.39. The normalized spacial score (nSPS) is 11.2. The van der Waals surface area contributed by atoms with Gasteiger partial charge in [-0.3, -0.25) is 4.68 Å². The van der Waals surface area contributed by atoms with E-state index in [9.17, 15) is 0 Å². The molecule has 0 aliphatic carbocycles. The second-order valence-electron chi connectivity index (χ2n) is 3.94. The molecular weight excluding hydrogens is 162 g/mol. The SMILES string of the molecule is Cc1c(CN)nn(C)c1CC(C)C. The Morgan fingerprint density at radius 2 is 2.08 bits per heavy atom. The molecule has 0 radical (unpaired) electrons. The fraction of sp³-hybridized carbons (Fsp3) is 0.700. The lowest BCUT2D eigenvalue weighted by Crippen LogP contribution is -2.03. The molecule has 0 aromatic carbocycles. The highest BCUT2D eigenvalue weighted by Gasteiger charge is 2.11. The van der Waals surface area contributed by atoms with Gasteiger partial charge >= 0.3 is 0 Å². The molecule has 13 heavy (non-hydrogen) atoms. The van der Waals surface area contributed by atoms with Crippen molar-refractivity contribution in [3.63, 3.8) is 0 Å². The molecule has 1 aromatic rings. The van der Waals surface area contributed by atoms with Gasteiger partial charge in [0.15, 0.2) is 0 Å². The standard InChI is InChI=1S/C10H19N3/c1-7(2)5-10-8(3)9(6-11)12-13(10)4/h7H,5-6,11H2,1-4H3. The summed E-state index contributed by atoms with van der Waals surface area (Å²) in [7, 11) is 1.99. The largest absolute Gasteiger partial charge is 0.325 e. The number of hydrogen-bond donors (Lipinski definition) is 1. The van der Waals surface area contributed by atoms with Crippen molar-refractivity contribution in [2.45, 2.75) is 33.7 Å². The van der Waals surface area contributed by atoms with Crippen LogP contribution in [0.2, 0.25) is 0 Å². The number of aromatic nitrogens is 2. The molecule has 0 amide bonds. The van der Waals surface area contributed by atoms with Crippen LogP contribution in [-0.4, -0.2) is 9.78 Å². The molecule has 0 unspecified atom stereocenters. The van der Waals surface area contributed by atoms with Gasteiger partial charge in [0.1, 0.15) is 0 Å². The summed E-state index contributed by atoms with van der Waals surface area (Å²) in [5.74, 6) is 0.666. The van der Waals surface area contributed by atoms with E-state index in [4.69, 9.17) is 5.73 Å². The average Bonchev–Trinajstić information content (AvgIpc) is 2.31. The topological polar surface area (TPSA) is 43.8 Å². The van der Waals surface area contributed by atoms with E-state index in [1.54, 1.807) is 0 Å². The lowest BCUT2D eigenvalue weighted by molar-refractivity contribution is 0.592. The lowest BCUT2D eigenvalue weighted by atomic mass is 10.0. The van der Waals surface area contributed by atoms with Gasteiger partial charge in [0.2, 0.25) is 0 Å². The molecule has 3 nitrogen and oxygen atoms in total. The Morgan fingerprint density at radius 1 is 1.46 bits per heavy atom. The average molecular weight is 181 g/mol. The lowest BCUT2D eigenvalue weighted by Gasteiger charge is -2.06. The van der Waals surface area contributed by atoms with Crippen molar-refractivity contribution in [2.24, 2.45) is 18.7 Å². The third-order valence-electron chi connectivity index (χ3n) is 2.32. The predicted molar refractivity (Wildman–Crippen MR) is 54.4 cm³/mol. The number of aryl methyl sites for hydroxylation is 1. The highest BCUT2D eigenvalue weighted by atomic mass is 15.3. The van der Waals surface area contributed by atoms with Crippen molar-refractivity contribution < 1.29 is 0 Å². The Bertz CT molecular complexity index is 287. The molecule has 0 bridgehead atoms. The van der Waals surface area contributed by atoms with Crippen LogP contribution in [0.25, 0.3) is 0 Å². The van der Waals surface area contributed by atoms with Gasteiger partial charge in [0, 0.05) is 19.3 Å². The third-order valence-corrected chi connectivity index (χ3v) is 2.32. The van der Waals surface area contributed by atoms with Gasteiger partial charge in [-0.15, -0.1) is 0 Å². The van der Waals surface area contributed by atoms with Crippen LogP contribution in [-0.2, 0) is 20.0 Å². The Hall–Kier alpha value is -0.830. The smallest absolute Gasteiger partial charge is 0.0792 e. The molecule has 0 saturated carbocycles. The van der Waals surface area contributed by atoms with Crippen LogP contribution in [0.3, 0.4) is 0 Å². The first-order valence-electron chi connectivity index (χ1n) is 4.77. The minimum absolute atomic E-state index is 0.539. The highest BCUT2D eigenvalue weighted by Crippen LogP contribution is 2.15. The van der Waals surface area contributed by atoms with Crippen molar-refractivity contribution >= 4 is 0 Å². The van der Waals surface area contributed by atoms with E-state index in [-0.39, 0.29) is 0 Å². The zero-order valence-corrected chi connectivity index (χ0v) is 8.96. The molecule has 1 rings (SSSR count). The van der Waals surface area contributed by atoms with Gasteiger partial charge in [0.25, 0.3) is 0 Å². The van der Waals surface area contributed by atoms with Crippen molar-refractivity contribution in [3.8, 4) is 0 Å². The maximum atomic E-state index is 5.59. The monoisotopic (exact) mass is 181 g/mol. The first-order chi connectivity index (χ1) is 6.06. The third kappa shape index (κ3) is 2.10. The molecule has 0 fully saturated rings. The molecule has 0 atom stereocenters. The van der Waals surface area contributed by atoms with E-state index >= 15 is 0 Å². The van der Waals surface area contributed by atoms with E-state index in [0.29, 0.717) is 12.5 Å². The molecule has 1 aromatic heterocycles. The Labute approximate surface area is 79.9 Å². The molecule has 3 heteroatoms. The quantitative estimate of drug-likeness (QED) is 0.765. The number of nitrogens with zero attached hydrogens (tertiary/aromatic N) is 2. The van der Waals surface area contributed by atoms with Crippen LogP contribution < -0.4 is 5.73 Å². The van der Waals surface area contributed by atoms with E-state index in [0.717, 1.165) is 12.1 Å². The maximum absolute atomic E-state index is 5.59. The van der Waals surface area contributed by atoms with E-state index in [1.165, 1.54) is 11.3 Å². The van der Waals surface area contributed by atoms with E-state index in [2.05, 4.69) is 25.9 Å². The Morgan fingerprint density at radius 3 is 2.46 bits per heavy atom. The fourth-order valence-electron chi connectivity index (χ4n) is 1.59. The molecule has 74 valence electrons. The summed E-state index contributed by atoms with van der Waals surface area (Å²) in [6, 6.07) is 0. The molecule has 1 heterocycles.